The Morgan fingerprint density at radius 1 is 1.10 bits per heavy atom. The molecular weight excluding hydrogens is 273 g/mol. The first-order valence-electron chi connectivity index (χ1n) is 5.59. The van der Waals surface area contributed by atoms with Crippen LogP contribution in [0.4, 0.5) is 24.5 Å². The van der Waals surface area contributed by atoms with E-state index in [4.69, 9.17) is 0 Å². The van der Waals surface area contributed by atoms with Crippen molar-refractivity contribution in [3.63, 3.8) is 0 Å². The van der Waals surface area contributed by atoms with E-state index in [0.717, 1.165) is 6.07 Å². The fourth-order valence-electron chi connectivity index (χ4n) is 1.62. The van der Waals surface area contributed by atoms with Gasteiger partial charge in [-0.15, -0.1) is 0 Å². The van der Waals surface area contributed by atoms with Crippen LogP contribution in [0.1, 0.15) is 5.56 Å². The monoisotopic (exact) mass is 282 g/mol. The number of rotatable bonds is 4. The van der Waals surface area contributed by atoms with Crippen molar-refractivity contribution in [1.29, 1.82) is 0 Å². The van der Waals surface area contributed by atoms with Crippen molar-refractivity contribution in [3.05, 3.63) is 69.5 Å². The molecule has 1 N–H and O–H groups in total. The summed E-state index contributed by atoms with van der Waals surface area (Å²) in [6.45, 7) is 0.0812. The minimum absolute atomic E-state index is 0.0725. The summed E-state index contributed by atoms with van der Waals surface area (Å²) in [5.41, 5.74) is 0.234. The van der Waals surface area contributed by atoms with Crippen LogP contribution in [-0.2, 0) is 6.54 Å². The SMILES string of the molecule is O=[N+]([O-])c1ccc(CNc2cc(F)cc(F)c2F)cc1. The van der Waals surface area contributed by atoms with E-state index < -0.39 is 22.4 Å². The van der Waals surface area contributed by atoms with Gasteiger partial charge in [0, 0.05) is 30.8 Å². The first kappa shape index (κ1) is 13.9. The van der Waals surface area contributed by atoms with E-state index in [2.05, 4.69) is 5.32 Å². The highest BCUT2D eigenvalue weighted by molar-refractivity contribution is 5.46. The summed E-state index contributed by atoms with van der Waals surface area (Å²) in [7, 11) is 0. The minimum atomic E-state index is -1.28. The van der Waals surface area contributed by atoms with E-state index in [0.29, 0.717) is 11.6 Å². The number of halogens is 3. The van der Waals surface area contributed by atoms with E-state index >= 15 is 0 Å². The van der Waals surface area contributed by atoms with Crippen molar-refractivity contribution in [3.8, 4) is 0 Å². The van der Waals surface area contributed by atoms with Crippen LogP contribution in [0.25, 0.3) is 0 Å². The van der Waals surface area contributed by atoms with Crippen LogP contribution in [0.5, 0.6) is 0 Å². The molecule has 0 unspecified atom stereocenters. The second-order valence-electron chi connectivity index (χ2n) is 4.03. The summed E-state index contributed by atoms with van der Waals surface area (Å²) in [5, 5.41) is 13.0. The molecule has 20 heavy (non-hydrogen) atoms. The Kier molecular flexibility index (Phi) is 3.88. The number of non-ortho nitro benzene ring substituents is 1. The Balaban J connectivity index is 2.11. The quantitative estimate of drug-likeness (QED) is 0.529. The second kappa shape index (κ2) is 5.60. The summed E-state index contributed by atoms with van der Waals surface area (Å²) in [6, 6.07) is 6.81. The van der Waals surface area contributed by atoms with Gasteiger partial charge in [0.2, 0.25) is 0 Å². The van der Waals surface area contributed by atoms with Crippen molar-refractivity contribution in [1.82, 2.24) is 0 Å². The maximum atomic E-state index is 13.4. The first-order valence-corrected chi connectivity index (χ1v) is 5.59. The standard InChI is InChI=1S/C13H9F3N2O2/c14-9-5-11(15)13(16)12(6-9)17-7-8-1-3-10(4-2-8)18(19)20/h1-6,17H,7H2. The molecule has 4 nitrogen and oxygen atoms in total. The topological polar surface area (TPSA) is 55.2 Å². The highest BCUT2D eigenvalue weighted by Gasteiger charge is 2.11. The highest BCUT2D eigenvalue weighted by atomic mass is 19.2. The number of benzene rings is 2. The van der Waals surface area contributed by atoms with Gasteiger partial charge in [0.1, 0.15) is 5.82 Å². The van der Waals surface area contributed by atoms with Gasteiger partial charge in [0.25, 0.3) is 5.69 Å². The zero-order valence-electron chi connectivity index (χ0n) is 10.1. The summed E-state index contributed by atoms with van der Waals surface area (Å²) in [6.07, 6.45) is 0. The van der Waals surface area contributed by atoms with Crippen LogP contribution >= 0.6 is 0 Å². The third-order valence-electron chi connectivity index (χ3n) is 2.62. The van der Waals surface area contributed by atoms with Gasteiger partial charge in [-0.25, -0.2) is 13.2 Å². The lowest BCUT2D eigenvalue weighted by atomic mass is 10.2. The Bertz CT molecular complexity index is 645. The normalized spacial score (nSPS) is 10.3. The summed E-state index contributed by atoms with van der Waals surface area (Å²) in [5.74, 6) is -3.35. The van der Waals surface area contributed by atoms with Crippen LogP contribution in [0.3, 0.4) is 0 Å². The molecule has 0 fully saturated rings. The number of nitrogens with zero attached hydrogens (tertiary/aromatic N) is 1. The summed E-state index contributed by atoms with van der Waals surface area (Å²) < 4.78 is 39.3. The van der Waals surface area contributed by atoms with Crippen LogP contribution in [0, 0.1) is 27.6 Å². The van der Waals surface area contributed by atoms with Crippen LogP contribution < -0.4 is 5.32 Å². The number of hydrogen-bond acceptors (Lipinski definition) is 3. The van der Waals surface area contributed by atoms with Crippen molar-refractivity contribution >= 4 is 11.4 Å². The number of anilines is 1. The Labute approximate surface area is 112 Å². The second-order valence-corrected chi connectivity index (χ2v) is 4.03. The van der Waals surface area contributed by atoms with E-state index in [-0.39, 0.29) is 17.9 Å². The van der Waals surface area contributed by atoms with Gasteiger partial charge in [0.05, 0.1) is 10.6 Å². The maximum Gasteiger partial charge on any atom is 0.269 e. The zero-order chi connectivity index (χ0) is 14.7. The molecule has 2 aromatic carbocycles. The molecule has 0 aliphatic carbocycles. The Hall–Kier alpha value is -2.57. The molecule has 0 amide bonds. The van der Waals surface area contributed by atoms with Crippen LogP contribution in [-0.4, -0.2) is 4.92 Å². The molecule has 7 heteroatoms. The molecule has 0 atom stereocenters. The van der Waals surface area contributed by atoms with Crippen LogP contribution in [0.15, 0.2) is 36.4 Å². The lowest BCUT2D eigenvalue weighted by Crippen LogP contribution is -2.03. The van der Waals surface area contributed by atoms with Gasteiger partial charge in [-0.05, 0) is 5.56 Å². The van der Waals surface area contributed by atoms with Crippen LogP contribution in [0.2, 0.25) is 0 Å². The van der Waals surface area contributed by atoms with Gasteiger partial charge < -0.3 is 5.32 Å². The number of nitrogens with one attached hydrogen (secondary N) is 1. The third-order valence-corrected chi connectivity index (χ3v) is 2.62. The summed E-state index contributed by atoms with van der Waals surface area (Å²) in [4.78, 5) is 9.93. The molecule has 0 aliphatic heterocycles. The van der Waals surface area contributed by atoms with Gasteiger partial charge in [-0.3, -0.25) is 10.1 Å². The number of nitro groups is 1. The number of hydrogen-bond donors (Lipinski definition) is 1. The van der Waals surface area contributed by atoms with E-state index in [1.165, 1.54) is 24.3 Å². The molecule has 104 valence electrons. The average molecular weight is 282 g/mol. The van der Waals surface area contributed by atoms with Gasteiger partial charge in [0.15, 0.2) is 11.6 Å². The predicted molar refractivity (Wildman–Crippen MR) is 66.7 cm³/mol. The fraction of sp³-hybridized carbons (Fsp3) is 0.0769. The van der Waals surface area contributed by atoms with Gasteiger partial charge in [-0.1, -0.05) is 12.1 Å². The minimum Gasteiger partial charge on any atom is -0.378 e. The molecule has 0 bridgehead atoms. The van der Waals surface area contributed by atoms with E-state index in [1.807, 2.05) is 0 Å². The molecule has 0 radical (unpaired) electrons. The molecular formula is C13H9F3N2O2. The van der Waals surface area contributed by atoms with Gasteiger partial charge >= 0.3 is 0 Å². The molecule has 0 saturated heterocycles. The van der Waals surface area contributed by atoms with Crippen molar-refractivity contribution in [2.75, 3.05) is 5.32 Å². The van der Waals surface area contributed by atoms with E-state index in [9.17, 15) is 23.3 Å². The molecule has 2 aromatic rings. The van der Waals surface area contributed by atoms with E-state index in [1.54, 1.807) is 0 Å². The Morgan fingerprint density at radius 3 is 2.35 bits per heavy atom. The summed E-state index contributed by atoms with van der Waals surface area (Å²) >= 11 is 0. The molecule has 0 spiro atoms. The molecule has 2 rings (SSSR count). The zero-order valence-corrected chi connectivity index (χ0v) is 10.1. The fourth-order valence-corrected chi connectivity index (χ4v) is 1.62. The smallest absolute Gasteiger partial charge is 0.269 e. The highest BCUT2D eigenvalue weighted by Crippen LogP contribution is 2.20. The lowest BCUT2D eigenvalue weighted by molar-refractivity contribution is -0.384. The third kappa shape index (κ3) is 3.05. The number of nitro benzene ring substituents is 1. The lowest BCUT2D eigenvalue weighted by Gasteiger charge is -2.08. The molecule has 0 aliphatic rings. The first-order chi connectivity index (χ1) is 9.47. The molecule has 0 heterocycles. The van der Waals surface area contributed by atoms with Crippen molar-refractivity contribution in [2.24, 2.45) is 0 Å². The molecule has 0 aromatic heterocycles. The van der Waals surface area contributed by atoms with Gasteiger partial charge in [-0.2, -0.15) is 0 Å². The van der Waals surface area contributed by atoms with Crippen molar-refractivity contribution in [2.45, 2.75) is 6.54 Å². The average Bonchev–Trinajstić information content (AvgIpc) is 2.41. The maximum absolute atomic E-state index is 13.4. The predicted octanol–water partition coefficient (Wildman–Crippen LogP) is 3.62. The Morgan fingerprint density at radius 2 is 1.75 bits per heavy atom. The molecule has 0 saturated carbocycles. The largest absolute Gasteiger partial charge is 0.378 e. The van der Waals surface area contributed by atoms with Crippen molar-refractivity contribution < 1.29 is 18.1 Å².